The number of benzene rings is 2. The number of hydrogen-bond donors (Lipinski definition) is 0. The van der Waals surface area contributed by atoms with E-state index in [0.717, 1.165) is 11.1 Å². The standard InChI is InChI=1S/C31H44O4/c1-11-25(34-27(32)21-13-17-23(18-14-21)29(3,4)5)31(9,10)26(12-2)35-28(33)22-15-19-24(20-16-22)30(6,7)8/h13-20,25-26H,11-12H2,1-10H3. The van der Waals surface area contributed by atoms with Crippen LogP contribution in [0.25, 0.3) is 0 Å². The maximum atomic E-state index is 13.0. The van der Waals surface area contributed by atoms with Crippen molar-refractivity contribution in [1.29, 1.82) is 0 Å². The van der Waals surface area contributed by atoms with E-state index in [1.165, 1.54) is 0 Å². The molecular weight excluding hydrogens is 436 g/mol. The van der Waals surface area contributed by atoms with E-state index in [0.29, 0.717) is 24.0 Å². The molecule has 0 heterocycles. The molecule has 192 valence electrons. The average molecular weight is 481 g/mol. The van der Waals surface area contributed by atoms with Crippen LogP contribution >= 0.6 is 0 Å². The number of carbonyl (C=O) groups is 2. The van der Waals surface area contributed by atoms with Crippen LogP contribution in [0, 0.1) is 5.41 Å². The Labute approximate surface area is 212 Å². The molecule has 2 unspecified atom stereocenters. The molecule has 35 heavy (non-hydrogen) atoms. The molecule has 2 aromatic carbocycles. The van der Waals surface area contributed by atoms with E-state index < -0.39 is 17.6 Å². The molecule has 4 nitrogen and oxygen atoms in total. The van der Waals surface area contributed by atoms with Gasteiger partial charge >= 0.3 is 11.9 Å². The van der Waals surface area contributed by atoms with Crippen LogP contribution in [0.3, 0.4) is 0 Å². The zero-order chi connectivity index (χ0) is 26.6. The van der Waals surface area contributed by atoms with Crippen molar-refractivity contribution in [1.82, 2.24) is 0 Å². The van der Waals surface area contributed by atoms with Crippen LogP contribution in [0.1, 0.15) is 114 Å². The van der Waals surface area contributed by atoms with Crippen molar-refractivity contribution >= 4 is 11.9 Å². The van der Waals surface area contributed by atoms with Crippen LogP contribution in [0.15, 0.2) is 48.5 Å². The van der Waals surface area contributed by atoms with E-state index in [1.807, 2.05) is 76.2 Å². The molecule has 0 aliphatic heterocycles. The fourth-order valence-electron chi connectivity index (χ4n) is 4.34. The minimum absolute atomic E-state index is 0.0155. The first-order chi connectivity index (χ1) is 16.1. The SMILES string of the molecule is CCC(OC(=O)c1ccc(C(C)(C)C)cc1)C(C)(C)C(CC)OC(=O)c1ccc(C(C)(C)C)cc1. The van der Waals surface area contributed by atoms with Crippen LogP contribution in [0.2, 0.25) is 0 Å². The Morgan fingerprint density at radius 3 is 1.11 bits per heavy atom. The molecule has 2 rings (SSSR count). The summed E-state index contributed by atoms with van der Waals surface area (Å²) in [5.41, 5.74) is 2.84. The van der Waals surface area contributed by atoms with Gasteiger partial charge in [0.25, 0.3) is 0 Å². The van der Waals surface area contributed by atoms with Gasteiger partial charge in [0, 0.05) is 5.41 Å². The minimum Gasteiger partial charge on any atom is -0.458 e. The molecule has 2 aromatic rings. The molecule has 0 amide bonds. The van der Waals surface area contributed by atoms with Gasteiger partial charge in [-0.05, 0) is 59.1 Å². The number of hydrogen-bond acceptors (Lipinski definition) is 4. The fourth-order valence-corrected chi connectivity index (χ4v) is 4.34. The average Bonchev–Trinajstić information content (AvgIpc) is 2.79. The largest absolute Gasteiger partial charge is 0.458 e. The molecule has 4 heteroatoms. The zero-order valence-corrected chi connectivity index (χ0v) is 23.3. The Morgan fingerprint density at radius 1 is 0.600 bits per heavy atom. The number of carbonyl (C=O) groups excluding carboxylic acids is 2. The van der Waals surface area contributed by atoms with Crippen LogP contribution in [-0.2, 0) is 20.3 Å². The number of ether oxygens (including phenoxy) is 2. The molecule has 0 bridgehead atoms. The van der Waals surface area contributed by atoms with Gasteiger partial charge in [-0.25, -0.2) is 9.59 Å². The Hall–Kier alpha value is -2.62. The predicted molar refractivity (Wildman–Crippen MR) is 143 cm³/mol. The van der Waals surface area contributed by atoms with Crippen LogP contribution in [-0.4, -0.2) is 24.1 Å². The van der Waals surface area contributed by atoms with E-state index in [2.05, 4.69) is 41.5 Å². The van der Waals surface area contributed by atoms with Crippen molar-refractivity contribution in [2.24, 2.45) is 5.41 Å². The highest BCUT2D eigenvalue weighted by Gasteiger charge is 2.41. The first kappa shape index (κ1) is 28.6. The van der Waals surface area contributed by atoms with Gasteiger partial charge in [0.1, 0.15) is 12.2 Å². The predicted octanol–water partition coefficient (Wildman–Crippen LogP) is 7.88. The lowest BCUT2D eigenvalue weighted by atomic mass is 9.78. The van der Waals surface area contributed by atoms with E-state index >= 15 is 0 Å². The van der Waals surface area contributed by atoms with Gasteiger partial charge in [-0.1, -0.05) is 93.5 Å². The van der Waals surface area contributed by atoms with E-state index in [-0.39, 0.29) is 22.8 Å². The minimum atomic E-state index is -0.564. The van der Waals surface area contributed by atoms with Gasteiger partial charge in [-0.3, -0.25) is 0 Å². The fraction of sp³-hybridized carbons (Fsp3) is 0.548. The third-order valence-electron chi connectivity index (χ3n) is 6.87. The van der Waals surface area contributed by atoms with Gasteiger partial charge in [0.2, 0.25) is 0 Å². The second-order valence-corrected chi connectivity index (χ2v) is 12.1. The maximum absolute atomic E-state index is 13.0. The Balaban J connectivity index is 2.15. The van der Waals surface area contributed by atoms with E-state index in [1.54, 1.807) is 0 Å². The van der Waals surface area contributed by atoms with Crippen molar-refractivity contribution in [2.75, 3.05) is 0 Å². The molecule has 0 fully saturated rings. The molecule has 0 saturated heterocycles. The summed E-state index contributed by atoms with van der Waals surface area (Å²) in [6.07, 6.45) is 0.428. The van der Waals surface area contributed by atoms with Gasteiger partial charge in [-0.15, -0.1) is 0 Å². The summed E-state index contributed by atoms with van der Waals surface area (Å²) in [7, 11) is 0. The van der Waals surface area contributed by atoms with Gasteiger partial charge in [0.15, 0.2) is 0 Å². The second kappa shape index (κ2) is 11.0. The monoisotopic (exact) mass is 480 g/mol. The molecular formula is C31H44O4. The molecule has 0 aliphatic rings. The third-order valence-corrected chi connectivity index (χ3v) is 6.87. The van der Waals surface area contributed by atoms with E-state index in [4.69, 9.17) is 9.47 Å². The third kappa shape index (κ3) is 7.19. The van der Waals surface area contributed by atoms with Gasteiger partial charge < -0.3 is 9.47 Å². The summed E-state index contributed by atoms with van der Waals surface area (Å²) in [5, 5.41) is 0. The lowest BCUT2D eigenvalue weighted by molar-refractivity contribution is -0.0740. The normalized spacial score (nSPS) is 14.2. The summed E-state index contributed by atoms with van der Waals surface area (Å²) in [5.74, 6) is -0.714. The highest BCUT2D eigenvalue weighted by molar-refractivity contribution is 5.90. The Bertz CT molecular complexity index is 905. The van der Waals surface area contributed by atoms with Crippen molar-refractivity contribution < 1.29 is 19.1 Å². The van der Waals surface area contributed by atoms with Crippen LogP contribution < -0.4 is 0 Å². The molecule has 0 saturated carbocycles. The van der Waals surface area contributed by atoms with Crippen molar-refractivity contribution in [3.63, 3.8) is 0 Å². The zero-order valence-electron chi connectivity index (χ0n) is 23.3. The molecule has 0 N–H and O–H groups in total. The summed E-state index contributed by atoms with van der Waals surface area (Å²) in [6, 6.07) is 15.2. The lowest BCUT2D eigenvalue weighted by Crippen LogP contribution is -2.44. The van der Waals surface area contributed by atoms with Crippen molar-refractivity contribution in [3.8, 4) is 0 Å². The summed E-state index contributed by atoms with van der Waals surface area (Å²) in [4.78, 5) is 25.9. The lowest BCUT2D eigenvalue weighted by Gasteiger charge is -2.39. The van der Waals surface area contributed by atoms with Crippen LogP contribution in [0.5, 0.6) is 0 Å². The van der Waals surface area contributed by atoms with Crippen molar-refractivity contribution in [3.05, 3.63) is 70.8 Å². The maximum Gasteiger partial charge on any atom is 0.338 e. The quantitative estimate of drug-likeness (QED) is 0.361. The highest BCUT2D eigenvalue weighted by atomic mass is 16.6. The molecule has 0 spiro atoms. The van der Waals surface area contributed by atoms with Gasteiger partial charge in [0.05, 0.1) is 11.1 Å². The first-order valence-electron chi connectivity index (χ1n) is 12.7. The summed E-state index contributed by atoms with van der Waals surface area (Å²) < 4.78 is 11.9. The first-order valence-corrected chi connectivity index (χ1v) is 12.7. The molecule has 0 aromatic heterocycles. The molecule has 0 radical (unpaired) electrons. The van der Waals surface area contributed by atoms with E-state index in [9.17, 15) is 9.59 Å². The molecule has 0 aliphatic carbocycles. The topological polar surface area (TPSA) is 52.6 Å². The number of esters is 2. The summed E-state index contributed by atoms with van der Waals surface area (Å²) >= 11 is 0. The van der Waals surface area contributed by atoms with Crippen molar-refractivity contribution in [2.45, 2.75) is 105 Å². The van der Waals surface area contributed by atoms with Crippen LogP contribution in [0.4, 0.5) is 0 Å². The van der Waals surface area contributed by atoms with Gasteiger partial charge in [-0.2, -0.15) is 0 Å². The Kier molecular flexibility index (Phi) is 8.97. The smallest absolute Gasteiger partial charge is 0.338 e. The number of rotatable bonds is 8. The Morgan fingerprint density at radius 2 is 0.886 bits per heavy atom. The molecule has 2 atom stereocenters. The summed E-state index contributed by atoms with van der Waals surface area (Å²) in [6.45, 7) is 20.8. The highest BCUT2D eigenvalue weighted by Crippen LogP contribution is 2.35. The second-order valence-electron chi connectivity index (χ2n) is 12.1.